The third kappa shape index (κ3) is 5.69. The minimum absolute atomic E-state index is 0.361. The Kier molecular flexibility index (Phi) is 7.48. The van der Waals surface area contributed by atoms with E-state index in [-0.39, 0.29) is 5.82 Å². The van der Waals surface area contributed by atoms with Gasteiger partial charge < -0.3 is 15.0 Å². The fourth-order valence-corrected chi connectivity index (χ4v) is 5.62. The Balaban J connectivity index is 1.20. The Labute approximate surface area is 247 Å². The summed E-state index contributed by atoms with van der Waals surface area (Å²) in [6.07, 6.45) is 9.63. The zero-order valence-electron chi connectivity index (χ0n) is 23.9. The lowest BCUT2D eigenvalue weighted by Gasteiger charge is -2.15. The van der Waals surface area contributed by atoms with Gasteiger partial charge in [-0.25, -0.2) is 19.3 Å². The lowest BCUT2D eigenvalue weighted by Crippen LogP contribution is -2.25. The van der Waals surface area contributed by atoms with E-state index in [0.29, 0.717) is 46.2 Å². The fourth-order valence-electron chi connectivity index (χ4n) is 5.62. The van der Waals surface area contributed by atoms with Crippen LogP contribution in [0.2, 0.25) is 0 Å². The molecule has 10 nitrogen and oxygen atoms in total. The number of fused-ring (bicyclic) bond motifs is 2. The predicted octanol–water partition coefficient (Wildman–Crippen LogP) is 5.35. The molecular formula is C32H32FN9O. The second-order valence-corrected chi connectivity index (χ2v) is 10.8. The first-order chi connectivity index (χ1) is 21.1. The molecule has 0 atom stereocenters. The molecule has 0 unspecified atom stereocenters. The molecule has 7 rings (SSSR count). The molecule has 5 aromatic heterocycles. The second kappa shape index (κ2) is 11.9. The van der Waals surface area contributed by atoms with E-state index >= 15 is 0 Å². The van der Waals surface area contributed by atoms with Crippen molar-refractivity contribution >= 4 is 22.2 Å². The molecule has 0 radical (unpaired) electrons. The van der Waals surface area contributed by atoms with Gasteiger partial charge in [-0.1, -0.05) is 6.92 Å². The average Bonchev–Trinajstić information content (AvgIpc) is 3.79. The van der Waals surface area contributed by atoms with Crippen LogP contribution >= 0.6 is 0 Å². The van der Waals surface area contributed by atoms with Crippen molar-refractivity contribution in [1.82, 2.24) is 45.3 Å². The molecule has 0 spiro atoms. The van der Waals surface area contributed by atoms with Gasteiger partial charge in [0.15, 0.2) is 17.1 Å². The first-order valence-corrected chi connectivity index (χ1v) is 14.6. The van der Waals surface area contributed by atoms with Gasteiger partial charge in [0.25, 0.3) is 0 Å². The lowest BCUT2D eigenvalue weighted by molar-refractivity contribution is 0.237. The maximum atomic E-state index is 14.7. The zero-order chi connectivity index (χ0) is 29.2. The number of likely N-dealkylation sites (tertiary alicyclic amines) is 1. The Morgan fingerprint density at radius 2 is 1.86 bits per heavy atom. The van der Waals surface area contributed by atoms with Crippen molar-refractivity contribution in [3.05, 3.63) is 72.6 Å². The van der Waals surface area contributed by atoms with Crippen LogP contribution in [0.25, 0.3) is 56.0 Å². The number of ether oxygens (including phenoxy) is 1. The first kappa shape index (κ1) is 27.1. The number of pyridine rings is 3. The van der Waals surface area contributed by atoms with Gasteiger partial charge in [-0.05, 0) is 73.9 Å². The largest absolute Gasteiger partial charge is 0.492 e. The lowest BCUT2D eigenvalue weighted by atomic mass is 10.1. The van der Waals surface area contributed by atoms with Gasteiger partial charge in [-0.3, -0.25) is 15.0 Å². The topological polar surface area (TPSA) is 121 Å². The molecule has 43 heavy (non-hydrogen) atoms. The molecule has 0 aliphatic carbocycles. The summed E-state index contributed by atoms with van der Waals surface area (Å²) in [5, 5.41) is 11.6. The maximum Gasteiger partial charge on any atom is 0.181 e. The summed E-state index contributed by atoms with van der Waals surface area (Å²) in [5.74, 6) is 0.704. The number of benzene rings is 1. The molecule has 3 N–H and O–H groups in total. The third-order valence-electron chi connectivity index (χ3n) is 7.80. The minimum atomic E-state index is -0.361. The number of aromatic nitrogens is 7. The van der Waals surface area contributed by atoms with Crippen molar-refractivity contribution in [3.8, 4) is 39.5 Å². The van der Waals surface area contributed by atoms with Crippen molar-refractivity contribution in [1.29, 1.82) is 0 Å². The average molecular weight is 578 g/mol. The highest BCUT2D eigenvalue weighted by Crippen LogP contribution is 2.33. The summed E-state index contributed by atoms with van der Waals surface area (Å²) in [5.41, 5.74) is 6.92. The summed E-state index contributed by atoms with van der Waals surface area (Å²) >= 11 is 0. The number of H-pyrrole nitrogens is 2. The van der Waals surface area contributed by atoms with Crippen LogP contribution in [0.5, 0.6) is 5.75 Å². The SMILES string of the molecule is CCNCc1cncc(-c2cnc3n[nH]c(-c4nc5nccc(-c6cc(F)cc(OCCN7CCCC7)c6)c5[nH]4)c3c2)c1. The first-order valence-electron chi connectivity index (χ1n) is 14.6. The van der Waals surface area contributed by atoms with E-state index in [4.69, 9.17) is 9.72 Å². The summed E-state index contributed by atoms with van der Waals surface area (Å²) in [7, 11) is 0. The molecule has 0 amide bonds. The van der Waals surface area contributed by atoms with Gasteiger partial charge in [0.05, 0.1) is 10.9 Å². The number of nitrogens with zero attached hydrogens (tertiary/aromatic N) is 6. The Hall–Kier alpha value is -4.74. The standard InChI is InChI=1S/C32H32FN9O/c1-2-34-16-20-11-22(18-35-17-20)23-14-27-29(40-41-30(27)37-19-23)32-38-28-26(5-6-36-31(28)39-32)21-12-24(33)15-25(13-21)43-10-9-42-7-3-4-8-42/h5-6,11-15,17-19,34H,2-4,7-10,16H2,1H3,(H,36,38,39)(H,37,40,41). The Morgan fingerprint density at radius 3 is 2.74 bits per heavy atom. The van der Waals surface area contributed by atoms with Crippen molar-refractivity contribution in [2.24, 2.45) is 0 Å². The normalized spacial score (nSPS) is 13.8. The molecule has 6 aromatic rings. The summed E-state index contributed by atoms with van der Waals surface area (Å²) in [6.45, 7) is 7.25. The van der Waals surface area contributed by atoms with Crippen LogP contribution in [-0.4, -0.2) is 72.8 Å². The van der Waals surface area contributed by atoms with Crippen molar-refractivity contribution in [2.45, 2.75) is 26.3 Å². The van der Waals surface area contributed by atoms with Gasteiger partial charge >= 0.3 is 0 Å². The number of imidazole rings is 1. The molecule has 0 bridgehead atoms. The number of aromatic amines is 2. The monoisotopic (exact) mass is 577 g/mol. The molecule has 1 aliphatic heterocycles. The quantitative estimate of drug-likeness (QED) is 0.199. The van der Waals surface area contributed by atoms with Crippen LogP contribution in [-0.2, 0) is 6.54 Å². The number of hydrogen-bond donors (Lipinski definition) is 3. The van der Waals surface area contributed by atoms with Crippen LogP contribution in [0.15, 0.2) is 61.2 Å². The second-order valence-electron chi connectivity index (χ2n) is 10.8. The van der Waals surface area contributed by atoms with Crippen LogP contribution in [0.4, 0.5) is 4.39 Å². The van der Waals surface area contributed by atoms with Crippen molar-refractivity contribution in [3.63, 3.8) is 0 Å². The molecule has 0 saturated carbocycles. The van der Waals surface area contributed by atoms with Gasteiger partial charge in [0.1, 0.15) is 23.9 Å². The third-order valence-corrected chi connectivity index (χ3v) is 7.80. The van der Waals surface area contributed by atoms with Gasteiger partial charge in [0.2, 0.25) is 0 Å². The summed E-state index contributed by atoms with van der Waals surface area (Å²) in [6, 6.07) is 10.8. The van der Waals surface area contributed by atoms with Crippen LogP contribution < -0.4 is 10.1 Å². The molecule has 1 aromatic carbocycles. The van der Waals surface area contributed by atoms with Crippen molar-refractivity contribution in [2.75, 3.05) is 32.8 Å². The van der Waals surface area contributed by atoms with E-state index in [2.05, 4.69) is 53.3 Å². The highest BCUT2D eigenvalue weighted by Gasteiger charge is 2.18. The molecule has 1 fully saturated rings. The molecule has 1 saturated heterocycles. The minimum Gasteiger partial charge on any atom is -0.492 e. The molecule has 218 valence electrons. The smallest absolute Gasteiger partial charge is 0.181 e. The fraction of sp³-hybridized carbons (Fsp3) is 0.281. The molecular weight excluding hydrogens is 545 g/mol. The molecule has 6 heterocycles. The van der Waals surface area contributed by atoms with E-state index in [1.165, 1.54) is 25.0 Å². The summed E-state index contributed by atoms with van der Waals surface area (Å²) < 4.78 is 20.7. The van der Waals surface area contributed by atoms with E-state index < -0.39 is 0 Å². The van der Waals surface area contributed by atoms with Gasteiger partial charge in [0, 0.05) is 60.6 Å². The Morgan fingerprint density at radius 1 is 0.977 bits per heavy atom. The number of nitrogens with one attached hydrogen (secondary N) is 3. The Bertz CT molecular complexity index is 1890. The van der Waals surface area contributed by atoms with Gasteiger partial charge in [-0.15, -0.1) is 0 Å². The predicted molar refractivity (Wildman–Crippen MR) is 164 cm³/mol. The molecule has 1 aliphatic rings. The van der Waals surface area contributed by atoms with Gasteiger partial charge in [-0.2, -0.15) is 5.10 Å². The number of halogens is 1. The summed E-state index contributed by atoms with van der Waals surface area (Å²) in [4.78, 5) is 24.0. The highest BCUT2D eigenvalue weighted by molar-refractivity contribution is 5.96. The van der Waals surface area contributed by atoms with Crippen LogP contribution in [0.3, 0.4) is 0 Å². The van der Waals surface area contributed by atoms with E-state index in [0.717, 1.165) is 60.4 Å². The number of hydrogen-bond acceptors (Lipinski definition) is 8. The van der Waals surface area contributed by atoms with E-state index in [1.807, 2.05) is 30.6 Å². The van der Waals surface area contributed by atoms with E-state index in [9.17, 15) is 4.39 Å². The van der Waals surface area contributed by atoms with Crippen LogP contribution in [0, 0.1) is 5.82 Å². The maximum absolute atomic E-state index is 14.7. The zero-order valence-corrected chi connectivity index (χ0v) is 23.9. The highest BCUT2D eigenvalue weighted by atomic mass is 19.1. The van der Waals surface area contributed by atoms with E-state index in [1.54, 1.807) is 12.4 Å². The van der Waals surface area contributed by atoms with Crippen LogP contribution in [0.1, 0.15) is 25.3 Å². The molecule has 11 heteroatoms. The number of rotatable bonds is 10. The van der Waals surface area contributed by atoms with Crippen molar-refractivity contribution < 1.29 is 9.13 Å².